The number of carboxylic acids is 1. The number of carbonyl (C=O) groups is 3. The highest BCUT2D eigenvalue weighted by Crippen LogP contribution is 2.14. The Morgan fingerprint density at radius 3 is 1.38 bits per heavy atom. The fourth-order valence-electron chi connectivity index (χ4n) is 7.00. The number of esters is 2. The molecule has 0 radical (unpaired) electrons. The van der Waals surface area contributed by atoms with Gasteiger partial charge >= 0.3 is 11.9 Å². The van der Waals surface area contributed by atoms with Gasteiger partial charge in [0.1, 0.15) is 12.6 Å². The average molecular weight is 818 g/mol. The molecule has 8 nitrogen and oxygen atoms in total. The Morgan fingerprint density at radius 2 is 0.914 bits per heavy atom. The molecule has 58 heavy (non-hydrogen) atoms. The number of carbonyl (C=O) groups excluding carboxylic acids is 3. The van der Waals surface area contributed by atoms with Crippen molar-refractivity contribution in [1.82, 2.24) is 0 Å². The summed E-state index contributed by atoms with van der Waals surface area (Å²) in [5.41, 5.74) is 0. The number of carboxylic acid groups (broad SMARTS) is 1. The zero-order valence-electron chi connectivity index (χ0n) is 38.5. The minimum absolute atomic E-state index is 0.0358. The predicted molar refractivity (Wildman–Crippen MR) is 240 cm³/mol. The molecule has 0 aromatic heterocycles. The van der Waals surface area contributed by atoms with E-state index in [4.69, 9.17) is 14.2 Å². The van der Waals surface area contributed by atoms with Crippen LogP contribution in [0.2, 0.25) is 0 Å². The Labute approximate surface area is 357 Å². The Kier molecular flexibility index (Phi) is 39.5. The van der Waals surface area contributed by atoms with E-state index in [9.17, 15) is 19.5 Å². The topological polar surface area (TPSA) is 102 Å². The van der Waals surface area contributed by atoms with E-state index in [0.29, 0.717) is 12.8 Å². The monoisotopic (exact) mass is 818 g/mol. The van der Waals surface area contributed by atoms with Gasteiger partial charge in [-0.1, -0.05) is 166 Å². The van der Waals surface area contributed by atoms with Gasteiger partial charge in [0.15, 0.2) is 6.10 Å². The van der Waals surface area contributed by atoms with Gasteiger partial charge in [0.25, 0.3) is 0 Å². The number of hydrogen-bond donors (Lipinski definition) is 0. The zero-order valence-corrected chi connectivity index (χ0v) is 38.5. The molecule has 2 atom stereocenters. The Bertz CT molecular complexity index is 1050. The molecule has 0 heterocycles. The molecular formula is C50H91NO7. The van der Waals surface area contributed by atoms with E-state index in [1.165, 1.54) is 122 Å². The fraction of sp³-hybridized carbons (Fsp3) is 0.820. The highest BCUT2D eigenvalue weighted by Gasteiger charge is 2.25. The van der Waals surface area contributed by atoms with Gasteiger partial charge in [-0.2, -0.15) is 0 Å². The third-order valence-corrected chi connectivity index (χ3v) is 10.8. The first kappa shape index (κ1) is 55.5. The Balaban J connectivity index is 4.29. The summed E-state index contributed by atoms with van der Waals surface area (Å²) in [7, 11) is 5.41. The van der Waals surface area contributed by atoms with Gasteiger partial charge < -0.3 is 28.6 Å². The predicted octanol–water partition coefficient (Wildman–Crippen LogP) is 12.1. The minimum Gasteiger partial charge on any atom is -0.544 e. The number of aliphatic carboxylic acids is 1. The molecule has 0 N–H and O–H groups in total. The third kappa shape index (κ3) is 39.0. The number of unbranched alkanes of at least 4 members (excludes halogenated alkanes) is 24. The van der Waals surface area contributed by atoms with Crippen LogP contribution < -0.4 is 5.11 Å². The number of likely N-dealkylation sites (N-methyl/N-ethyl adjacent to an activating group) is 1. The fourth-order valence-corrected chi connectivity index (χ4v) is 7.00. The van der Waals surface area contributed by atoms with E-state index in [-0.39, 0.29) is 42.7 Å². The van der Waals surface area contributed by atoms with Crippen molar-refractivity contribution in [3.8, 4) is 0 Å². The van der Waals surface area contributed by atoms with Crippen LogP contribution in [-0.2, 0) is 28.6 Å². The number of hydrogen-bond acceptors (Lipinski definition) is 7. The van der Waals surface area contributed by atoms with E-state index in [2.05, 4.69) is 50.3 Å². The number of rotatable bonds is 43. The summed E-state index contributed by atoms with van der Waals surface area (Å²) in [5, 5.41) is 11.6. The summed E-state index contributed by atoms with van der Waals surface area (Å²) >= 11 is 0. The van der Waals surface area contributed by atoms with Gasteiger partial charge in [-0.05, 0) is 64.2 Å². The molecule has 0 aliphatic carbocycles. The standard InChI is InChI=1S/C50H91NO7/c1-6-8-10-12-14-16-18-20-22-23-24-25-27-28-30-32-34-36-38-40-48(52)57-45-46(44-56-43-42-47(50(54)55)51(3,4)5)58-49(53)41-39-37-35-33-31-29-26-21-19-17-15-13-11-9-7-2/h15,17,19,21,23-24,46-47H,6-14,16,18,20,22,25-45H2,1-5H3/b17-15+,21-19+,24-23+. The van der Waals surface area contributed by atoms with Crippen molar-refractivity contribution in [2.45, 2.75) is 225 Å². The van der Waals surface area contributed by atoms with Crippen LogP contribution in [0.25, 0.3) is 0 Å². The lowest BCUT2D eigenvalue weighted by Crippen LogP contribution is -2.55. The van der Waals surface area contributed by atoms with Crippen molar-refractivity contribution >= 4 is 17.9 Å². The number of quaternary nitrogens is 1. The third-order valence-electron chi connectivity index (χ3n) is 10.8. The lowest BCUT2D eigenvalue weighted by atomic mass is 10.1. The minimum atomic E-state index is -1.13. The first-order valence-electron chi connectivity index (χ1n) is 24.0. The molecule has 0 amide bonds. The van der Waals surface area contributed by atoms with E-state index in [0.717, 1.165) is 57.8 Å². The van der Waals surface area contributed by atoms with Crippen molar-refractivity contribution in [2.75, 3.05) is 41.0 Å². The second-order valence-corrected chi connectivity index (χ2v) is 17.4. The van der Waals surface area contributed by atoms with Gasteiger partial charge in [-0.15, -0.1) is 0 Å². The van der Waals surface area contributed by atoms with Crippen molar-refractivity contribution in [2.24, 2.45) is 0 Å². The maximum atomic E-state index is 12.7. The molecule has 338 valence electrons. The number of allylic oxidation sites excluding steroid dienone is 6. The molecule has 0 aliphatic heterocycles. The van der Waals surface area contributed by atoms with E-state index >= 15 is 0 Å². The Morgan fingerprint density at radius 1 is 0.517 bits per heavy atom. The van der Waals surface area contributed by atoms with Crippen LogP contribution in [0.3, 0.4) is 0 Å². The highest BCUT2D eigenvalue weighted by molar-refractivity contribution is 5.70. The number of nitrogens with zero attached hydrogens (tertiary/aromatic N) is 1. The SMILES string of the molecule is CCCCC/C=C/C=C/CCCCCCCCC(=O)OC(COCCC(C(=O)[O-])[N+](C)(C)C)COC(=O)CCCCCCCCC/C=C/CCCCCCCCCC. The van der Waals surface area contributed by atoms with Gasteiger partial charge in [-0.3, -0.25) is 9.59 Å². The van der Waals surface area contributed by atoms with E-state index in [1.54, 1.807) is 21.1 Å². The van der Waals surface area contributed by atoms with E-state index < -0.39 is 18.1 Å². The normalized spacial score (nSPS) is 13.2. The Hall–Kier alpha value is -2.45. The molecule has 0 aliphatic rings. The summed E-state index contributed by atoms with van der Waals surface area (Å²) in [5.74, 6) is -1.75. The van der Waals surface area contributed by atoms with Crippen LogP contribution in [0.1, 0.15) is 213 Å². The van der Waals surface area contributed by atoms with Crippen molar-refractivity contribution in [3.05, 3.63) is 36.5 Å². The molecule has 0 saturated carbocycles. The molecule has 0 saturated heterocycles. The van der Waals surface area contributed by atoms with Crippen molar-refractivity contribution in [1.29, 1.82) is 0 Å². The summed E-state index contributed by atoms with van der Waals surface area (Å²) in [6, 6.07) is -0.728. The second kappa shape index (κ2) is 41.3. The van der Waals surface area contributed by atoms with Gasteiger partial charge in [0, 0.05) is 19.3 Å². The quantitative estimate of drug-likeness (QED) is 0.0198. The van der Waals surface area contributed by atoms with Crippen LogP contribution >= 0.6 is 0 Å². The van der Waals surface area contributed by atoms with Gasteiger partial charge in [0.05, 0.1) is 40.3 Å². The smallest absolute Gasteiger partial charge is 0.306 e. The summed E-state index contributed by atoms with van der Waals surface area (Å²) in [6.07, 6.45) is 47.4. The van der Waals surface area contributed by atoms with Crippen molar-refractivity contribution < 1.29 is 38.2 Å². The molecule has 8 heteroatoms. The van der Waals surface area contributed by atoms with Crippen molar-refractivity contribution in [3.63, 3.8) is 0 Å². The summed E-state index contributed by atoms with van der Waals surface area (Å²) in [6.45, 7) is 4.63. The molecule has 0 rings (SSSR count). The molecular weight excluding hydrogens is 727 g/mol. The van der Waals surface area contributed by atoms with Crippen LogP contribution in [0.15, 0.2) is 36.5 Å². The van der Waals surface area contributed by atoms with Crippen LogP contribution in [0.4, 0.5) is 0 Å². The first-order chi connectivity index (χ1) is 28.1. The molecule has 0 aromatic rings. The largest absolute Gasteiger partial charge is 0.544 e. The number of ether oxygens (including phenoxy) is 3. The average Bonchev–Trinajstić information content (AvgIpc) is 3.18. The lowest BCUT2D eigenvalue weighted by molar-refractivity contribution is -0.889. The van der Waals surface area contributed by atoms with Crippen LogP contribution in [0, 0.1) is 0 Å². The van der Waals surface area contributed by atoms with Gasteiger partial charge in [-0.25, -0.2) is 0 Å². The maximum absolute atomic E-state index is 12.7. The molecule has 0 aromatic carbocycles. The maximum Gasteiger partial charge on any atom is 0.306 e. The molecule has 0 spiro atoms. The first-order valence-corrected chi connectivity index (χ1v) is 24.0. The lowest BCUT2D eigenvalue weighted by Gasteiger charge is -2.34. The van der Waals surface area contributed by atoms with Gasteiger partial charge in [0.2, 0.25) is 0 Å². The second-order valence-electron chi connectivity index (χ2n) is 17.4. The molecule has 2 unspecified atom stereocenters. The summed E-state index contributed by atoms with van der Waals surface area (Å²) in [4.78, 5) is 36.9. The highest BCUT2D eigenvalue weighted by atomic mass is 16.6. The molecule has 0 fully saturated rings. The zero-order chi connectivity index (χ0) is 42.8. The van der Waals surface area contributed by atoms with Crippen LogP contribution in [0.5, 0.6) is 0 Å². The molecule has 0 bridgehead atoms. The summed E-state index contributed by atoms with van der Waals surface area (Å²) < 4.78 is 17.2. The van der Waals surface area contributed by atoms with Crippen LogP contribution in [-0.4, -0.2) is 75.5 Å². The van der Waals surface area contributed by atoms with E-state index in [1.807, 2.05) is 0 Å².